The molecule has 0 radical (unpaired) electrons. The fraction of sp³-hybridized carbons (Fsp3) is 0.143. The second-order valence-corrected chi connectivity index (χ2v) is 4.67. The molecular formula is C14H14N2O2S. The zero-order valence-electron chi connectivity index (χ0n) is 10.3. The molecule has 0 saturated carbocycles. The van der Waals surface area contributed by atoms with Gasteiger partial charge in [0, 0.05) is 11.6 Å². The fourth-order valence-corrected chi connectivity index (χ4v) is 2.10. The number of hydrogen-bond donors (Lipinski definition) is 1. The molecule has 0 atom stereocenters. The second kappa shape index (κ2) is 6.70. The number of rotatable bonds is 6. The number of amides is 1. The summed E-state index contributed by atoms with van der Waals surface area (Å²) >= 11 is 1.37. The standard InChI is InChI=1S/C14H14N2O2S/c1-2-5-11-6-3-4-7-12(11)18-10-13(17)16-14-15-8-9-19-14/h2-4,6-9H,1,5,10H2,(H,15,16,17). The highest BCUT2D eigenvalue weighted by atomic mass is 32.1. The number of thiazole rings is 1. The maximum Gasteiger partial charge on any atom is 0.264 e. The lowest BCUT2D eigenvalue weighted by atomic mass is 10.1. The van der Waals surface area contributed by atoms with Gasteiger partial charge in [-0.05, 0) is 18.1 Å². The van der Waals surface area contributed by atoms with E-state index in [0.29, 0.717) is 17.3 Å². The molecule has 4 nitrogen and oxygen atoms in total. The van der Waals surface area contributed by atoms with Crippen molar-refractivity contribution in [2.24, 2.45) is 0 Å². The molecule has 0 fully saturated rings. The first-order valence-electron chi connectivity index (χ1n) is 5.80. The molecular weight excluding hydrogens is 260 g/mol. The minimum absolute atomic E-state index is 0.0340. The van der Waals surface area contributed by atoms with Crippen LogP contribution >= 0.6 is 11.3 Å². The summed E-state index contributed by atoms with van der Waals surface area (Å²) in [6, 6.07) is 7.60. The molecule has 0 unspecified atom stereocenters. The first kappa shape index (κ1) is 13.3. The summed E-state index contributed by atoms with van der Waals surface area (Å²) in [6.45, 7) is 3.67. The molecule has 19 heavy (non-hydrogen) atoms. The SMILES string of the molecule is C=CCc1ccccc1OCC(=O)Nc1nccs1. The largest absolute Gasteiger partial charge is 0.483 e. The summed E-state index contributed by atoms with van der Waals surface area (Å²) in [6.07, 6.45) is 4.16. The summed E-state index contributed by atoms with van der Waals surface area (Å²) in [4.78, 5) is 15.6. The number of carbonyl (C=O) groups excluding carboxylic acids is 1. The summed E-state index contributed by atoms with van der Waals surface area (Å²) in [5.41, 5.74) is 1.01. The van der Waals surface area contributed by atoms with Gasteiger partial charge in [0.05, 0.1) is 0 Å². The van der Waals surface area contributed by atoms with E-state index in [-0.39, 0.29) is 12.5 Å². The Morgan fingerprint density at radius 2 is 2.32 bits per heavy atom. The molecule has 2 aromatic rings. The van der Waals surface area contributed by atoms with Crippen molar-refractivity contribution in [3.63, 3.8) is 0 Å². The third kappa shape index (κ3) is 3.93. The van der Waals surface area contributed by atoms with Crippen molar-refractivity contribution in [2.75, 3.05) is 11.9 Å². The second-order valence-electron chi connectivity index (χ2n) is 3.77. The first-order valence-corrected chi connectivity index (χ1v) is 6.68. The molecule has 5 heteroatoms. The lowest BCUT2D eigenvalue weighted by molar-refractivity contribution is -0.118. The Morgan fingerprint density at radius 3 is 3.05 bits per heavy atom. The molecule has 1 aromatic carbocycles. The monoisotopic (exact) mass is 274 g/mol. The van der Waals surface area contributed by atoms with E-state index < -0.39 is 0 Å². The Hall–Kier alpha value is -2.14. The zero-order valence-corrected chi connectivity index (χ0v) is 11.2. The van der Waals surface area contributed by atoms with E-state index in [1.807, 2.05) is 24.3 Å². The van der Waals surface area contributed by atoms with Gasteiger partial charge in [0.1, 0.15) is 5.75 Å². The van der Waals surface area contributed by atoms with E-state index in [4.69, 9.17) is 4.74 Å². The van der Waals surface area contributed by atoms with Crippen LogP contribution in [0.25, 0.3) is 0 Å². The highest BCUT2D eigenvalue weighted by Gasteiger charge is 2.07. The number of anilines is 1. The minimum atomic E-state index is -0.219. The van der Waals surface area contributed by atoms with Gasteiger partial charge in [0.2, 0.25) is 0 Å². The van der Waals surface area contributed by atoms with Gasteiger partial charge in [-0.2, -0.15) is 0 Å². The summed E-state index contributed by atoms with van der Waals surface area (Å²) in [5, 5.41) is 5.05. The lowest BCUT2D eigenvalue weighted by Gasteiger charge is -2.09. The number of hydrogen-bond acceptors (Lipinski definition) is 4. The topological polar surface area (TPSA) is 51.2 Å². The van der Waals surface area contributed by atoms with Crippen molar-refractivity contribution in [3.05, 3.63) is 54.1 Å². The smallest absolute Gasteiger partial charge is 0.264 e. The summed E-state index contributed by atoms with van der Waals surface area (Å²) in [5.74, 6) is 0.486. The summed E-state index contributed by atoms with van der Waals surface area (Å²) in [7, 11) is 0. The van der Waals surface area contributed by atoms with Crippen LogP contribution in [0.4, 0.5) is 5.13 Å². The number of nitrogens with zero attached hydrogens (tertiary/aromatic N) is 1. The maximum absolute atomic E-state index is 11.7. The zero-order chi connectivity index (χ0) is 13.5. The van der Waals surface area contributed by atoms with Gasteiger partial charge >= 0.3 is 0 Å². The molecule has 0 aliphatic rings. The van der Waals surface area contributed by atoms with Gasteiger partial charge in [0.15, 0.2) is 11.7 Å². The molecule has 2 rings (SSSR count). The Morgan fingerprint density at radius 1 is 1.47 bits per heavy atom. The van der Waals surface area contributed by atoms with Crippen LogP contribution in [0, 0.1) is 0 Å². The van der Waals surface area contributed by atoms with Crippen LogP contribution in [0.2, 0.25) is 0 Å². The Labute approximate surface area is 115 Å². The van der Waals surface area contributed by atoms with Crippen LogP contribution in [-0.2, 0) is 11.2 Å². The predicted octanol–water partition coefficient (Wildman–Crippen LogP) is 2.89. The number of aromatic nitrogens is 1. The van der Waals surface area contributed by atoms with E-state index in [0.717, 1.165) is 5.56 Å². The van der Waals surface area contributed by atoms with Crippen LogP contribution in [0.5, 0.6) is 5.75 Å². The Balaban J connectivity index is 1.91. The normalized spacial score (nSPS) is 9.89. The van der Waals surface area contributed by atoms with Gasteiger partial charge < -0.3 is 4.74 Å². The van der Waals surface area contributed by atoms with Gasteiger partial charge in [0.25, 0.3) is 5.91 Å². The molecule has 1 heterocycles. The molecule has 0 saturated heterocycles. The number of ether oxygens (including phenoxy) is 1. The number of para-hydroxylation sites is 1. The molecule has 1 amide bonds. The maximum atomic E-state index is 11.7. The predicted molar refractivity (Wildman–Crippen MR) is 76.6 cm³/mol. The molecule has 0 aliphatic heterocycles. The number of benzene rings is 1. The fourth-order valence-electron chi connectivity index (χ4n) is 1.55. The molecule has 1 aromatic heterocycles. The molecule has 0 spiro atoms. The van der Waals surface area contributed by atoms with Gasteiger partial charge in [-0.1, -0.05) is 24.3 Å². The Bertz CT molecular complexity index is 552. The third-order valence-electron chi connectivity index (χ3n) is 2.37. The van der Waals surface area contributed by atoms with Crippen molar-refractivity contribution in [3.8, 4) is 5.75 Å². The number of allylic oxidation sites excluding steroid dienone is 1. The average Bonchev–Trinajstić information content (AvgIpc) is 2.91. The minimum Gasteiger partial charge on any atom is -0.483 e. The van der Waals surface area contributed by atoms with Crippen LogP contribution in [0.3, 0.4) is 0 Å². The number of carbonyl (C=O) groups is 1. The van der Waals surface area contributed by atoms with E-state index in [1.54, 1.807) is 17.7 Å². The highest BCUT2D eigenvalue weighted by Crippen LogP contribution is 2.18. The van der Waals surface area contributed by atoms with Gasteiger partial charge in [-0.25, -0.2) is 4.98 Å². The first-order chi connectivity index (χ1) is 9.29. The van der Waals surface area contributed by atoms with Crippen molar-refractivity contribution >= 4 is 22.4 Å². The van der Waals surface area contributed by atoms with Crippen LogP contribution in [0.1, 0.15) is 5.56 Å². The summed E-state index contributed by atoms with van der Waals surface area (Å²) < 4.78 is 5.52. The van der Waals surface area contributed by atoms with Crippen molar-refractivity contribution in [1.29, 1.82) is 0 Å². The van der Waals surface area contributed by atoms with Gasteiger partial charge in [-0.3, -0.25) is 10.1 Å². The molecule has 0 bridgehead atoms. The molecule has 1 N–H and O–H groups in total. The third-order valence-corrected chi connectivity index (χ3v) is 3.06. The van der Waals surface area contributed by atoms with E-state index in [2.05, 4.69) is 16.9 Å². The van der Waals surface area contributed by atoms with Crippen molar-refractivity contribution in [2.45, 2.75) is 6.42 Å². The molecule has 98 valence electrons. The van der Waals surface area contributed by atoms with Crippen LogP contribution in [0.15, 0.2) is 48.5 Å². The van der Waals surface area contributed by atoms with E-state index in [1.165, 1.54) is 11.3 Å². The highest BCUT2D eigenvalue weighted by molar-refractivity contribution is 7.13. The quantitative estimate of drug-likeness (QED) is 0.824. The lowest BCUT2D eigenvalue weighted by Crippen LogP contribution is -2.20. The van der Waals surface area contributed by atoms with Crippen molar-refractivity contribution < 1.29 is 9.53 Å². The van der Waals surface area contributed by atoms with E-state index in [9.17, 15) is 4.79 Å². The van der Waals surface area contributed by atoms with Crippen molar-refractivity contribution in [1.82, 2.24) is 4.98 Å². The van der Waals surface area contributed by atoms with Gasteiger partial charge in [-0.15, -0.1) is 17.9 Å². The number of nitrogens with one attached hydrogen (secondary N) is 1. The Kier molecular flexibility index (Phi) is 4.69. The molecule has 0 aliphatic carbocycles. The van der Waals surface area contributed by atoms with E-state index >= 15 is 0 Å². The average molecular weight is 274 g/mol. The van der Waals surface area contributed by atoms with Crippen LogP contribution < -0.4 is 10.1 Å². The van der Waals surface area contributed by atoms with Crippen LogP contribution in [-0.4, -0.2) is 17.5 Å².